The Morgan fingerprint density at radius 2 is 1.91 bits per heavy atom. The quantitative estimate of drug-likeness (QED) is 0.575. The number of rotatable bonds is 3. The molecule has 1 N–H and O–H groups in total. The fourth-order valence-corrected chi connectivity index (χ4v) is 2.40. The first kappa shape index (κ1) is 14.4. The van der Waals surface area contributed by atoms with E-state index >= 15 is 0 Å². The summed E-state index contributed by atoms with van der Waals surface area (Å²) in [6.07, 6.45) is 3.50. The molecule has 0 atom stereocenters. The van der Waals surface area contributed by atoms with Crippen molar-refractivity contribution in [3.8, 4) is 0 Å². The van der Waals surface area contributed by atoms with Crippen LogP contribution in [-0.4, -0.2) is 16.7 Å². The van der Waals surface area contributed by atoms with E-state index in [0.29, 0.717) is 5.02 Å². The van der Waals surface area contributed by atoms with Crippen LogP contribution in [0.5, 0.6) is 0 Å². The van der Waals surface area contributed by atoms with E-state index in [1.165, 1.54) is 0 Å². The van der Waals surface area contributed by atoms with Crippen LogP contribution >= 0.6 is 11.6 Å². The third-order valence-electron chi connectivity index (χ3n) is 3.32. The van der Waals surface area contributed by atoms with Crippen molar-refractivity contribution in [1.29, 1.82) is 0 Å². The average Bonchev–Trinajstić information content (AvgIpc) is 2.89. The fraction of sp³-hybridized carbons (Fsp3) is 0.0588. The minimum atomic E-state index is -0.0264. The number of aromatic nitrogens is 1. The number of benzene rings is 2. The van der Waals surface area contributed by atoms with Crippen LogP contribution in [0.3, 0.4) is 0 Å². The number of nitrogens with zero attached hydrogens (tertiary/aromatic N) is 2. The highest BCUT2D eigenvalue weighted by Gasteiger charge is 2.08. The molecule has 1 heterocycles. The lowest BCUT2D eigenvalue weighted by Crippen LogP contribution is -2.02. The predicted octanol–water partition coefficient (Wildman–Crippen LogP) is 4.40. The second-order valence-corrected chi connectivity index (χ2v) is 5.30. The molecule has 0 saturated heterocycles. The van der Waals surface area contributed by atoms with Gasteiger partial charge in [-0.05, 0) is 30.3 Å². The third-order valence-corrected chi connectivity index (χ3v) is 3.58. The second kappa shape index (κ2) is 6.03. The molecule has 0 aliphatic heterocycles. The molecule has 0 aliphatic carbocycles. The number of halogens is 1. The minimum Gasteiger partial charge on any atom is -0.287 e. The highest BCUT2D eigenvalue weighted by atomic mass is 35.5. The number of carbonyl (C=O) groups is 1. The summed E-state index contributed by atoms with van der Waals surface area (Å²) >= 11 is 5.84. The van der Waals surface area contributed by atoms with E-state index in [1.54, 1.807) is 36.0 Å². The molecule has 0 unspecified atom stereocenters. The van der Waals surface area contributed by atoms with Crippen LogP contribution in [0.15, 0.2) is 59.8 Å². The Bertz CT molecular complexity index is 850. The summed E-state index contributed by atoms with van der Waals surface area (Å²) < 4.78 is 1.62. The van der Waals surface area contributed by atoms with Gasteiger partial charge in [0.05, 0.1) is 17.4 Å². The number of carbonyl (C=O) groups excluding carboxylic acids is 1. The van der Waals surface area contributed by atoms with Crippen LogP contribution in [0.4, 0.5) is 5.69 Å². The molecular formula is C17H14ClN3O. The smallest absolute Gasteiger partial charge is 0.227 e. The topological polar surface area (TPSA) is 46.4 Å². The number of anilines is 1. The standard InChI is InChI=1S/C17H14ClN3O/c1-12(22)21-11-13(16-4-2-3-5-17(16)21)10-19-20-15-8-6-14(18)7-9-15/h2-11,20H,1H3/b19-10+. The number of para-hydroxylation sites is 1. The highest BCUT2D eigenvalue weighted by Crippen LogP contribution is 2.20. The summed E-state index contributed by atoms with van der Waals surface area (Å²) in [5.41, 5.74) is 5.54. The predicted molar refractivity (Wildman–Crippen MR) is 90.9 cm³/mol. The van der Waals surface area contributed by atoms with Crippen molar-refractivity contribution >= 4 is 40.3 Å². The lowest BCUT2D eigenvalue weighted by atomic mass is 10.2. The highest BCUT2D eigenvalue weighted by molar-refractivity contribution is 6.30. The molecule has 0 saturated carbocycles. The minimum absolute atomic E-state index is 0.0264. The number of hydrazone groups is 1. The van der Waals surface area contributed by atoms with Gasteiger partial charge in [-0.15, -0.1) is 0 Å². The Hall–Kier alpha value is -2.59. The zero-order chi connectivity index (χ0) is 15.5. The van der Waals surface area contributed by atoms with Gasteiger partial charge >= 0.3 is 0 Å². The van der Waals surface area contributed by atoms with Crippen molar-refractivity contribution in [2.45, 2.75) is 6.92 Å². The van der Waals surface area contributed by atoms with Gasteiger partial charge in [-0.25, -0.2) is 0 Å². The Morgan fingerprint density at radius 3 is 2.64 bits per heavy atom. The molecule has 0 fully saturated rings. The molecule has 4 nitrogen and oxygen atoms in total. The van der Waals surface area contributed by atoms with Gasteiger partial charge in [0.2, 0.25) is 5.91 Å². The van der Waals surface area contributed by atoms with E-state index in [2.05, 4.69) is 10.5 Å². The van der Waals surface area contributed by atoms with Crippen molar-refractivity contribution in [2.24, 2.45) is 5.10 Å². The largest absolute Gasteiger partial charge is 0.287 e. The van der Waals surface area contributed by atoms with Crippen LogP contribution in [0.25, 0.3) is 10.9 Å². The van der Waals surface area contributed by atoms with Crippen molar-refractivity contribution < 1.29 is 4.79 Å². The van der Waals surface area contributed by atoms with Crippen molar-refractivity contribution in [2.75, 3.05) is 5.43 Å². The van der Waals surface area contributed by atoms with Crippen molar-refractivity contribution in [3.05, 3.63) is 65.3 Å². The zero-order valence-electron chi connectivity index (χ0n) is 12.0. The molecule has 3 rings (SSSR count). The fourth-order valence-electron chi connectivity index (χ4n) is 2.27. The first-order valence-electron chi connectivity index (χ1n) is 6.81. The van der Waals surface area contributed by atoms with Crippen LogP contribution in [-0.2, 0) is 0 Å². The molecular weight excluding hydrogens is 298 g/mol. The average molecular weight is 312 g/mol. The maximum absolute atomic E-state index is 11.7. The lowest BCUT2D eigenvalue weighted by Gasteiger charge is -1.99. The van der Waals surface area contributed by atoms with Crippen LogP contribution in [0.1, 0.15) is 17.3 Å². The van der Waals surface area contributed by atoms with Gasteiger partial charge in [-0.3, -0.25) is 14.8 Å². The summed E-state index contributed by atoms with van der Waals surface area (Å²) in [5.74, 6) is -0.0264. The molecule has 5 heteroatoms. The molecule has 1 aromatic heterocycles. The van der Waals surface area contributed by atoms with Gasteiger partial charge in [0.1, 0.15) is 0 Å². The first-order chi connectivity index (χ1) is 10.6. The number of hydrogen-bond acceptors (Lipinski definition) is 3. The van der Waals surface area contributed by atoms with Crippen molar-refractivity contribution in [3.63, 3.8) is 0 Å². The van der Waals surface area contributed by atoms with Crippen LogP contribution < -0.4 is 5.43 Å². The molecule has 110 valence electrons. The van der Waals surface area contributed by atoms with Crippen molar-refractivity contribution in [1.82, 2.24) is 4.57 Å². The third kappa shape index (κ3) is 2.87. The molecule has 0 aliphatic rings. The van der Waals surface area contributed by atoms with Crippen LogP contribution in [0.2, 0.25) is 5.02 Å². The van der Waals surface area contributed by atoms with Gasteiger partial charge in [0, 0.05) is 29.1 Å². The van der Waals surface area contributed by atoms with Gasteiger partial charge in [-0.1, -0.05) is 29.8 Å². The van der Waals surface area contributed by atoms with E-state index in [9.17, 15) is 4.79 Å². The SMILES string of the molecule is CC(=O)n1cc(/C=N/Nc2ccc(Cl)cc2)c2ccccc21. The Kier molecular flexibility index (Phi) is 3.94. The summed E-state index contributed by atoms with van der Waals surface area (Å²) in [5, 5.41) is 5.89. The van der Waals surface area contributed by atoms with E-state index in [-0.39, 0.29) is 5.91 Å². The van der Waals surface area contributed by atoms with Gasteiger partial charge < -0.3 is 0 Å². The van der Waals surface area contributed by atoms with Gasteiger partial charge in [0.15, 0.2) is 0 Å². The normalized spacial score (nSPS) is 11.2. The molecule has 2 aromatic carbocycles. The molecule has 0 bridgehead atoms. The Morgan fingerprint density at radius 1 is 1.18 bits per heavy atom. The molecule has 3 aromatic rings. The summed E-state index contributed by atoms with van der Waals surface area (Å²) in [6, 6.07) is 15.0. The second-order valence-electron chi connectivity index (χ2n) is 4.87. The zero-order valence-corrected chi connectivity index (χ0v) is 12.7. The van der Waals surface area contributed by atoms with Gasteiger partial charge in [-0.2, -0.15) is 5.10 Å². The Labute approximate surface area is 133 Å². The molecule has 0 radical (unpaired) electrons. The van der Waals surface area contributed by atoms with E-state index in [1.807, 2.05) is 36.4 Å². The molecule has 0 amide bonds. The first-order valence-corrected chi connectivity index (χ1v) is 7.18. The molecule has 0 spiro atoms. The van der Waals surface area contributed by atoms with Gasteiger partial charge in [0.25, 0.3) is 0 Å². The maximum Gasteiger partial charge on any atom is 0.227 e. The lowest BCUT2D eigenvalue weighted by molar-refractivity contribution is 0.0941. The van der Waals surface area contributed by atoms with E-state index in [0.717, 1.165) is 22.2 Å². The Balaban J connectivity index is 1.88. The number of hydrogen-bond donors (Lipinski definition) is 1. The summed E-state index contributed by atoms with van der Waals surface area (Å²) in [7, 11) is 0. The summed E-state index contributed by atoms with van der Waals surface area (Å²) in [4.78, 5) is 11.7. The van der Waals surface area contributed by atoms with Crippen LogP contribution in [0, 0.1) is 0 Å². The maximum atomic E-state index is 11.7. The monoisotopic (exact) mass is 311 g/mol. The van der Waals surface area contributed by atoms with E-state index in [4.69, 9.17) is 11.6 Å². The summed E-state index contributed by atoms with van der Waals surface area (Å²) in [6.45, 7) is 1.54. The molecule has 22 heavy (non-hydrogen) atoms. The number of fused-ring (bicyclic) bond motifs is 1. The van der Waals surface area contributed by atoms with E-state index < -0.39 is 0 Å². The number of nitrogens with one attached hydrogen (secondary N) is 1.